The highest BCUT2D eigenvalue weighted by Crippen LogP contribution is 2.31. The van der Waals surface area contributed by atoms with Crippen LogP contribution in [0.25, 0.3) is 0 Å². The summed E-state index contributed by atoms with van der Waals surface area (Å²) in [5.74, 6) is 1.96. The van der Waals surface area contributed by atoms with E-state index in [4.69, 9.17) is 9.47 Å². The molecule has 0 unspecified atom stereocenters. The van der Waals surface area contributed by atoms with Crippen LogP contribution in [-0.4, -0.2) is 93.7 Å². The number of hydrogen-bond acceptors (Lipinski definition) is 5. The summed E-state index contributed by atoms with van der Waals surface area (Å²) in [6.45, 7) is 5.75. The highest BCUT2D eigenvalue weighted by molar-refractivity contribution is 14.0. The van der Waals surface area contributed by atoms with E-state index >= 15 is 0 Å². The number of aliphatic imine (C=N–C) groups is 1. The van der Waals surface area contributed by atoms with Gasteiger partial charge in [0.2, 0.25) is 5.91 Å². The number of nitrogens with one attached hydrogen (secondary N) is 1. The molecule has 0 bridgehead atoms. The van der Waals surface area contributed by atoms with E-state index in [1.807, 2.05) is 29.2 Å². The van der Waals surface area contributed by atoms with E-state index in [2.05, 4.69) is 15.2 Å². The molecule has 0 radical (unpaired) electrons. The molecule has 0 spiro atoms. The number of morpholine rings is 1. The number of guanidine groups is 1. The van der Waals surface area contributed by atoms with E-state index in [0.717, 1.165) is 49.7 Å². The number of carbonyl (C=O) groups is 2. The number of carbonyl (C=O) groups excluding carboxylic acids is 2. The van der Waals surface area contributed by atoms with E-state index in [1.54, 1.807) is 11.9 Å². The summed E-state index contributed by atoms with van der Waals surface area (Å²) >= 11 is 0. The molecule has 0 atom stereocenters. The zero-order chi connectivity index (χ0) is 22.3. The minimum Gasteiger partial charge on any atom is -0.482 e. The number of amides is 2. The van der Waals surface area contributed by atoms with Gasteiger partial charge < -0.3 is 29.5 Å². The summed E-state index contributed by atoms with van der Waals surface area (Å²) in [4.78, 5) is 35.4. The third kappa shape index (κ3) is 6.28. The molecule has 9 nitrogen and oxygen atoms in total. The number of benzene rings is 1. The first-order valence-electron chi connectivity index (χ1n) is 11.5. The van der Waals surface area contributed by atoms with E-state index in [-0.39, 0.29) is 48.3 Å². The molecule has 1 aromatic carbocycles. The second-order valence-electron chi connectivity index (χ2n) is 8.33. The lowest BCUT2D eigenvalue weighted by molar-refractivity contribution is -0.140. The maximum Gasteiger partial charge on any atom is 0.265 e. The van der Waals surface area contributed by atoms with Crippen molar-refractivity contribution in [3.8, 4) is 5.75 Å². The van der Waals surface area contributed by atoms with Crippen molar-refractivity contribution in [3.05, 3.63) is 24.3 Å². The lowest BCUT2D eigenvalue weighted by Crippen LogP contribution is -2.50. The van der Waals surface area contributed by atoms with Crippen molar-refractivity contribution in [3.63, 3.8) is 0 Å². The zero-order valence-corrected chi connectivity index (χ0v) is 21.5. The summed E-state index contributed by atoms with van der Waals surface area (Å²) in [5, 5.41) is 3.42. The number of anilines is 1. The molecule has 2 fully saturated rings. The van der Waals surface area contributed by atoms with Crippen LogP contribution >= 0.6 is 24.0 Å². The molecule has 3 heterocycles. The molecule has 1 N–H and O–H groups in total. The molecule has 33 heavy (non-hydrogen) atoms. The maximum atomic E-state index is 12.7. The molecule has 3 aliphatic heterocycles. The van der Waals surface area contributed by atoms with Crippen molar-refractivity contribution in [1.29, 1.82) is 0 Å². The summed E-state index contributed by atoms with van der Waals surface area (Å²) in [6.07, 6.45) is 2.48. The Kier molecular flexibility index (Phi) is 9.60. The van der Waals surface area contributed by atoms with Crippen LogP contribution in [0.3, 0.4) is 0 Å². The minimum absolute atomic E-state index is 0. The second kappa shape index (κ2) is 12.4. The number of fused-ring (bicyclic) bond motifs is 1. The minimum atomic E-state index is -0.0138. The summed E-state index contributed by atoms with van der Waals surface area (Å²) in [5.41, 5.74) is 0.833. The zero-order valence-electron chi connectivity index (χ0n) is 19.2. The summed E-state index contributed by atoms with van der Waals surface area (Å²) in [7, 11) is 1.79. The third-order valence-electron chi connectivity index (χ3n) is 6.33. The average molecular weight is 571 g/mol. The molecule has 2 amide bonds. The first kappa shape index (κ1) is 25.5. The Labute approximate surface area is 212 Å². The predicted octanol–water partition coefficient (Wildman–Crippen LogP) is 1.57. The monoisotopic (exact) mass is 571 g/mol. The normalized spacial score (nSPS) is 19.5. The van der Waals surface area contributed by atoms with Crippen molar-refractivity contribution < 1.29 is 19.1 Å². The van der Waals surface area contributed by atoms with Crippen LogP contribution in [0.4, 0.5) is 5.69 Å². The third-order valence-corrected chi connectivity index (χ3v) is 6.33. The number of nitrogens with zero attached hydrogens (tertiary/aromatic N) is 4. The Balaban J connectivity index is 0.00000306. The molecule has 0 aliphatic carbocycles. The number of rotatable bonds is 5. The van der Waals surface area contributed by atoms with Crippen LogP contribution in [0.1, 0.15) is 19.3 Å². The number of hydrogen-bond donors (Lipinski definition) is 1. The number of likely N-dealkylation sites (tertiary alicyclic amines) is 1. The number of halogens is 1. The van der Waals surface area contributed by atoms with Crippen molar-refractivity contribution >= 4 is 47.4 Å². The van der Waals surface area contributed by atoms with Gasteiger partial charge in [-0.05, 0) is 31.4 Å². The molecular formula is C23H34IN5O4. The summed E-state index contributed by atoms with van der Waals surface area (Å²) in [6, 6.07) is 7.64. The van der Waals surface area contributed by atoms with Crippen molar-refractivity contribution in [2.45, 2.75) is 19.3 Å². The van der Waals surface area contributed by atoms with Gasteiger partial charge in [-0.15, -0.1) is 24.0 Å². The predicted molar refractivity (Wildman–Crippen MR) is 137 cm³/mol. The number of piperidine rings is 1. The smallest absolute Gasteiger partial charge is 0.265 e. The quantitative estimate of drug-likeness (QED) is 0.250. The maximum absolute atomic E-state index is 12.7. The van der Waals surface area contributed by atoms with Gasteiger partial charge in [0.15, 0.2) is 12.6 Å². The van der Waals surface area contributed by atoms with Crippen LogP contribution in [0, 0.1) is 5.92 Å². The van der Waals surface area contributed by atoms with Crippen molar-refractivity contribution in [1.82, 2.24) is 15.1 Å². The summed E-state index contributed by atoms with van der Waals surface area (Å²) < 4.78 is 10.9. The van der Waals surface area contributed by atoms with Crippen LogP contribution in [0.2, 0.25) is 0 Å². The standard InChI is InChI=1S/C23H33N5O4.HI/c1-24-23(27-11-7-18(8-12-27)22(30)26-13-15-31-16-14-26)25-9-4-10-28-19-5-2-3-6-20(19)32-17-21(28)29;/h2-3,5-6,18H,4,7-17H2,1H3,(H,24,25);1H. The highest BCUT2D eigenvalue weighted by atomic mass is 127. The van der Waals surface area contributed by atoms with E-state index < -0.39 is 0 Å². The SMILES string of the molecule is CN=C(NCCCN1C(=O)COc2ccccc21)N1CCC(C(=O)N2CCOCC2)CC1.I. The largest absolute Gasteiger partial charge is 0.482 e. The van der Waals surface area contributed by atoms with E-state index in [9.17, 15) is 9.59 Å². The molecule has 0 saturated carbocycles. The molecule has 2 saturated heterocycles. The van der Waals surface area contributed by atoms with Gasteiger partial charge in [-0.2, -0.15) is 0 Å². The Bertz CT molecular complexity index is 838. The van der Waals surface area contributed by atoms with Gasteiger partial charge in [0.25, 0.3) is 5.91 Å². The van der Waals surface area contributed by atoms with Crippen LogP contribution < -0.4 is 15.0 Å². The first-order valence-corrected chi connectivity index (χ1v) is 11.5. The van der Waals surface area contributed by atoms with E-state index in [1.165, 1.54) is 0 Å². The van der Waals surface area contributed by atoms with Crippen LogP contribution in [-0.2, 0) is 14.3 Å². The Morgan fingerprint density at radius 2 is 1.85 bits per heavy atom. The molecule has 4 rings (SSSR count). The molecular weight excluding hydrogens is 537 g/mol. The van der Waals surface area contributed by atoms with Gasteiger partial charge in [0.1, 0.15) is 5.75 Å². The number of para-hydroxylation sites is 2. The van der Waals surface area contributed by atoms with E-state index in [0.29, 0.717) is 39.4 Å². The van der Waals surface area contributed by atoms with Gasteiger partial charge in [-0.1, -0.05) is 12.1 Å². The van der Waals surface area contributed by atoms with Gasteiger partial charge in [-0.3, -0.25) is 14.6 Å². The van der Waals surface area contributed by atoms with Crippen molar-refractivity contribution in [2.75, 3.05) is 71.0 Å². The van der Waals surface area contributed by atoms with Crippen LogP contribution in [0.15, 0.2) is 29.3 Å². The lowest BCUT2D eigenvalue weighted by Gasteiger charge is -2.36. The molecule has 0 aromatic heterocycles. The van der Waals surface area contributed by atoms with Gasteiger partial charge >= 0.3 is 0 Å². The van der Waals surface area contributed by atoms with Crippen LogP contribution in [0.5, 0.6) is 5.75 Å². The topological polar surface area (TPSA) is 86.7 Å². The molecule has 3 aliphatic rings. The first-order chi connectivity index (χ1) is 15.7. The fraction of sp³-hybridized carbons (Fsp3) is 0.609. The fourth-order valence-electron chi connectivity index (χ4n) is 4.55. The van der Waals surface area contributed by atoms with Crippen molar-refractivity contribution in [2.24, 2.45) is 10.9 Å². The second-order valence-corrected chi connectivity index (χ2v) is 8.33. The highest BCUT2D eigenvalue weighted by Gasteiger charge is 2.30. The van der Waals surface area contributed by atoms with Gasteiger partial charge in [0, 0.05) is 52.2 Å². The Morgan fingerprint density at radius 3 is 2.58 bits per heavy atom. The fourth-order valence-corrected chi connectivity index (χ4v) is 4.55. The average Bonchev–Trinajstić information content (AvgIpc) is 2.85. The van der Waals surface area contributed by atoms with Gasteiger partial charge in [0.05, 0.1) is 18.9 Å². The Hall–Kier alpha value is -2.08. The number of ether oxygens (including phenoxy) is 2. The molecule has 10 heteroatoms. The molecule has 182 valence electrons. The molecule has 1 aromatic rings. The Morgan fingerprint density at radius 1 is 1.12 bits per heavy atom. The van der Waals surface area contributed by atoms with Gasteiger partial charge in [-0.25, -0.2) is 0 Å². The lowest BCUT2D eigenvalue weighted by atomic mass is 9.95.